The number of halogens is 2. The number of ether oxygens (including phenoxy) is 2. The minimum atomic E-state index is -3.64. The van der Waals surface area contributed by atoms with Gasteiger partial charge in [0.25, 0.3) is 0 Å². The van der Waals surface area contributed by atoms with E-state index in [9.17, 15) is 13.2 Å². The molecule has 0 saturated carbocycles. The molecule has 170 valence electrons. The van der Waals surface area contributed by atoms with E-state index in [1.807, 2.05) is 11.5 Å². The van der Waals surface area contributed by atoms with E-state index >= 15 is 0 Å². The Labute approximate surface area is 195 Å². The number of benzene rings is 2. The van der Waals surface area contributed by atoms with Crippen LogP contribution in [-0.4, -0.2) is 54.5 Å². The molecule has 11 heteroatoms. The lowest BCUT2D eigenvalue weighted by Crippen LogP contribution is -2.40. The Morgan fingerprint density at radius 1 is 1.16 bits per heavy atom. The molecule has 1 aliphatic rings. The van der Waals surface area contributed by atoms with Gasteiger partial charge in [0.05, 0.1) is 39.7 Å². The average molecular weight is 498 g/mol. The van der Waals surface area contributed by atoms with Crippen LogP contribution >= 0.6 is 23.2 Å². The third-order valence-electron chi connectivity index (χ3n) is 5.21. The number of aromatic nitrogens is 2. The van der Waals surface area contributed by atoms with Gasteiger partial charge >= 0.3 is 5.97 Å². The first-order valence-electron chi connectivity index (χ1n) is 10.0. The van der Waals surface area contributed by atoms with Crippen LogP contribution in [0.2, 0.25) is 10.0 Å². The number of carbonyl (C=O) groups is 1. The Bertz CT molecular complexity index is 1270. The second kappa shape index (κ2) is 9.36. The lowest BCUT2D eigenvalue weighted by atomic mass is 10.2. The normalized spacial score (nSPS) is 15.2. The van der Waals surface area contributed by atoms with Gasteiger partial charge in [0, 0.05) is 24.7 Å². The van der Waals surface area contributed by atoms with Gasteiger partial charge in [-0.15, -0.1) is 0 Å². The largest absolute Gasteiger partial charge is 0.454 e. The smallest absolute Gasteiger partial charge is 0.340 e. The van der Waals surface area contributed by atoms with E-state index in [2.05, 4.69) is 4.98 Å². The molecule has 1 saturated heterocycles. The molecular weight excluding hydrogens is 477 g/mol. The quantitative estimate of drug-likeness (QED) is 0.481. The number of esters is 1. The number of imidazole rings is 1. The second-order valence-electron chi connectivity index (χ2n) is 7.14. The highest BCUT2D eigenvalue weighted by molar-refractivity contribution is 7.89. The van der Waals surface area contributed by atoms with Crippen molar-refractivity contribution in [3.8, 4) is 0 Å². The summed E-state index contributed by atoms with van der Waals surface area (Å²) < 4.78 is 39.9. The Balaban J connectivity index is 1.59. The summed E-state index contributed by atoms with van der Waals surface area (Å²) in [5.41, 5.74) is 1.47. The third kappa shape index (κ3) is 4.49. The van der Waals surface area contributed by atoms with Gasteiger partial charge in [0.15, 0.2) is 0 Å². The van der Waals surface area contributed by atoms with E-state index in [-0.39, 0.29) is 22.1 Å². The van der Waals surface area contributed by atoms with Gasteiger partial charge in [-0.05, 0) is 43.3 Å². The number of hydrogen-bond acceptors (Lipinski definition) is 6. The van der Waals surface area contributed by atoms with Gasteiger partial charge in [0.1, 0.15) is 12.4 Å². The number of aryl methyl sites for hydroxylation is 1. The van der Waals surface area contributed by atoms with E-state index in [1.54, 1.807) is 24.3 Å². The average Bonchev–Trinajstić information content (AvgIpc) is 3.14. The molecule has 0 N–H and O–H groups in total. The predicted octanol–water partition coefficient (Wildman–Crippen LogP) is 3.74. The fourth-order valence-electron chi connectivity index (χ4n) is 3.58. The van der Waals surface area contributed by atoms with Crippen molar-refractivity contribution in [3.63, 3.8) is 0 Å². The van der Waals surface area contributed by atoms with Crippen LogP contribution in [0.25, 0.3) is 11.0 Å². The molecule has 32 heavy (non-hydrogen) atoms. The maximum Gasteiger partial charge on any atom is 0.340 e. The molecule has 2 heterocycles. The number of morpholine rings is 1. The summed E-state index contributed by atoms with van der Waals surface area (Å²) in [4.78, 5) is 17.1. The van der Waals surface area contributed by atoms with Gasteiger partial charge in [-0.25, -0.2) is 18.2 Å². The lowest BCUT2D eigenvalue weighted by molar-refractivity contribution is 0.0459. The molecule has 8 nitrogen and oxygen atoms in total. The lowest BCUT2D eigenvalue weighted by Gasteiger charge is -2.26. The number of nitrogens with zero attached hydrogens (tertiary/aromatic N) is 3. The molecular formula is C21H21Cl2N3O5S. The van der Waals surface area contributed by atoms with Gasteiger partial charge in [-0.2, -0.15) is 4.31 Å². The summed E-state index contributed by atoms with van der Waals surface area (Å²) in [5, 5.41) is 0.617. The highest BCUT2D eigenvalue weighted by Gasteiger charge is 2.27. The molecule has 0 amide bonds. The second-order valence-corrected chi connectivity index (χ2v) is 9.92. The molecule has 1 aliphatic heterocycles. The third-order valence-corrected chi connectivity index (χ3v) is 7.65. The van der Waals surface area contributed by atoms with Crippen LogP contribution in [0.15, 0.2) is 41.3 Å². The standard InChI is InChI=1S/C21H21Cl2N3O5S/c1-2-26-19-6-4-15(32(28,29)25-7-9-30-10-8-25)12-18(19)24-20(26)13-31-21(27)16-5-3-14(22)11-17(16)23/h3-6,11-12H,2,7-10,13H2,1H3. The number of rotatable bonds is 6. The summed E-state index contributed by atoms with van der Waals surface area (Å²) >= 11 is 12.0. The summed E-state index contributed by atoms with van der Waals surface area (Å²) in [6, 6.07) is 9.37. The summed E-state index contributed by atoms with van der Waals surface area (Å²) in [7, 11) is -3.64. The molecule has 0 aliphatic carbocycles. The maximum absolute atomic E-state index is 13.0. The zero-order valence-corrected chi connectivity index (χ0v) is 19.6. The van der Waals surface area contributed by atoms with E-state index in [0.29, 0.717) is 49.2 Å². The topological polar surface area (TPSA) is 90.7 Å². The first-order chi connectivity index (χ1) is 15.3. The number of sulfonamides is 1. The minimum Gasteiger partial charge on any atom is -0.454 e. The van der Waals surface area contributed by atoms with Crippen molar-refractivity contribution in [1.29, 1.82) is 0 Å². The van der Waals surface area contributed by atoms with Crippen molar-refractivity contribution in [3.05, 3.63) is 57.8 Å². The summed E-state index contributed by atoms with van der Waals surface area (Å²) in [6.07, 6.45) is 0. The molecule has 3 aromatic rings. The highest BCUT2D eigenvalue weighted by atomic mass is 35.5. The SMILES string of the molecule is CCn1c(COC(=O)c2ccc(Cl)cc2Cl)nc2cc(S(=O)(=O)N3CCOCC3)ccc21. The van der Waals surface area contributed by atoms with Gasteiger partial charge in [-0.1, -0.05) is 23.2 Å². The Morgan fingerprint density at radius 2 is 1.91 bits per heavy atom. The molecule has 0 bridgehead atoms. The first-order valence-corrected chi connectivity index (χ1v) is 12.2. The van der Waals surface area contributed by atoms with Crippen molar-refractivity contribution in [1.82, 2.24) is 13.9 Å². The van der Waals surface area contributed by atoms with Gasteiger partial charge in [0.2, 0.25) is 10.0 Å². The molecule has 4 rings (SSSR count). The first kappa shape index (κ1) is 23.0. The predicted molar refractivity (Wildman–Crippen MR) is 121 cm³/mol. The van der Waals surface area contributed by atoms with Crippen molar-refractivity contribution >= 4 is 50.2 Å². The van der Waals surface area contributed by atoms with Crippen LogP contribution in [0.4, 0.5) is 0 Å². The Morgan fingerprint density at radius 3 is 2.59 bits per heavy atom. The fourth-order valence-corrected chi connectivity index (χ4v) is 5.50. The molecule has 0 unspecified atom stereocenters. The Hall–Kier alpha value is -2.17. The Kier molecular flexibility index (Phi) is 6.73. The zero-order valence-electron chi connectivity index (χ0n) is 17.3. The van der Waals surface area contributed by atoms with Crippen LogP contribution in [0.5, 0.6) is 0 Å². The molecule has 1 fully saturated rings. The monoisotopic (exact) mass is 497 g/mol. The van der Waals surface area contributed by atoms with Crippen molar-refractivity contribution < 1.29 is 22.7 Å². The van der Waals surface area contributed by atoms with Crippen molar-refractivity contribution in [2.24, 2.45) is 0 Å². The number of fused-ring (bicyclic) bond motifs is 1. The van der Waals surface area contributed by atoms with Crippen LogP contribution in [0.3, 0.4) is 0 Å². The van der Waals surface area contributed by atoms with E-state index in [4.69, 9.17) is 32.7 Å². The zero-order chi connectivity index (χ0) is 22.9. The fraction of sp³-hybridized carbons (Fsp3) is 0.333. The van der Waals surface area contributed by atoms with Crippen LogP contribution < -0.4 is 0 Å². The molecule has 2 aromatic carbocycles. The maximum atomic E-state index is 13.0. The highest BCUT2D eigenvalue weighted by Crippen LogP contribution is 2.25. The van der Waals surface area contributed by atoms with E-state index < -0.39 is 16.0 Å². The van der Waals surface area contributed by atoms with E-state index in [0.717, 1.165) is 5.52 Å². The minimum absolute atomic E-state index is 0.0914. The van der Waals surface area contributed by atoms with Crippen molar-refractivity contribution in [2.45, 2.75) is 25.0 Å². The van der Waals surface area contributed by atoms with Gasteiger partial charge < -0.3 is 14.0 Å². The van der Waals surface area contributed by atoms with Crippen molar-refractivity contribution in [2.75, 3.05) is 26.3 Å². The summed E-state index contributed by atoms with van der Waals surface area (Å²) in [5.74, 6) is -0.0983. The number of hydrogen-bond donors (Lipinski definition) is 0. The van der Waals surface area contributed by atoms with Gasteiger partial charge in [-0.3, -0.25) is 0 Å². The van der Waals surface area contributed by atoms with Crippen LogP contribution in [0.1, 0.15) is 23.1 Å². The molecule has 0 atom stereocenters. The number of carbonyl (C=O) groups excluding carboxylic acids is 1. The van der Waals surface area contributed by atoms with Crippen LogP contribution in [-0.2, 0) is 32.6 Å². The van der Waals surface area contributed by atoms with E-state index in [1.165, 1.54) is 16.4 Å². The van der Waals surface area contributed by atoms with Crippen LogP contribution in [0, 0.1) is 0 Å². The molecule has 1 aromatic heterocycles. The molecule has 0 spiro atoms. The molecule has 0 radical (unpaired) electrons. The summed E-state index contributed by atoms with van der Waals surface area (Å²) in [6.45, 7) is 3.79.